The molecule has 1 aromatic heterocycles. The lowest BCUT2D eigenvalue weighted by Gasteiger charge is -2.17. The second-order valence-corrected chi connectivity index (χ2v) is 7.49. The van der Waals surface area contributed by atoms with Crippen molar-refractivity contribution in [2.45, 2.75) is 32.6 Å². The summed E-state index contributed by atoms with van der Waals surface area (Å²) < 4.78 is 17.2. The molecule has 5 rings (SSSR count). The Labute approximate surface area is 163 Å². The van der Waals surface area contributed by atoms with Crippen molar-refractivity contribution in [3.63, 3.8) is 0 Å². The zero-order valence-electron chi connectivity index (χ0n) is 15.7. The van der Waals surface area contributed by atoms with Gasteiger partial charge in [-0.15, -0.1) is 0 Å². The molecule has 2 heterocycles. The summed E-state index contributed by atoms with van der Waals surface area (Å²) in [6.07, 6.45) is 9.62. The van der Waals surface area contributed by atoms with E-state index in [0.717, 1.165) is 53.8 Å². The van der Waals surface area contributed by atoms with Crippen molar-refractivity contribution in [3.05, 3.63) is 69.8 Å². The molecule has 2 aromatic rings. The molecule has 0 bridgehead atoms. The third-order valence-corrected chi connectivity index (χ3v) is 5.50. The van der Waals surface area contributed by atoms with E-state index in [1.54, 1.807) is 10.7 Å². The first-order chi connectivity index (χ1) is 13.6. The molecule has 0 atom stereocenters. The Kier molecular flexibility index (Phi) is 3.87. The molecule has 1 fully saturated rings. The summed E-state index contributed by atoms with van der Waals surface area (Å²) in [4.78, 5) is 4.50. The van der Waals surface area contributed by atoms with Gasteiger partial charge in [0, 0.05) is 5.71 Å². The molecule has 0 N–H and O–H groups in total. The van der Waals surface area contributed by atoms with Crippen molar-refractivity contribution < 1.29 is 4.39 Å². The van der Waals surface area contributed by atoms with E-state index in [9.17, 15) is 5.26 Å². The summed E-state index contributed by atoms with van der Waals surface area (Å²) in [6.45, 7) is 2.60. The SMILES string of the molecule is Cc1cc(-n2nc(C=C3CC3)c(F)c2C2=CC3=CCN=C3CC2)ccc1C#N. The fourth-order valence-electron chi connectivity index (χ4n) is 3.82. The Balaban J connectivity index is 1.68. The minimum absolute atomic E-state index is 0.272. The van der Waals surface area contributed by atoms with Gasteiger partial charge < -0.3 is 0 Å². The molecule has 4 nitrogen and oxygen atoms in total. The first kappa shape index (κ1) is 16.9. The molecule has 0 amide bonds. The van der Waals surface area contributed by atoms with Gasteiger partial charge in [-0.05, 0) is 79.7 Å². The van der Waals surface area contributed by atoms with E-state index in [-0.39, 0.29) is 5.82 Å². The number of rotatable bonds is 3. The summed E-state index contributed by atoms with van der Waals surface area (Å²) >= 11 is 0. The second-order valence-electron chi connectivity index (χ2n) is 7.49. The second kappa shape index (κ2) is 6.42. The van der Waals surface area contributed by atoms with Crippen LogP contribution in [0.2, 0.25) is 0 Å². The number of aliphatic imine (C=N–C) groups is 1. The molecule has 28 heavy (non-hydrogen) atoms. The third-order valence-electron chi connectivity index (χ3n) is 5.50. The Morgan fingerprint density at radius 1 is 1.21 bits per heavy atom. The van der Waals surface area contributed by atoms with Crippen LogP contribution in [0.3, 0.4) is 0 Å². The largest absolute Gasteiger partial charge is 0.285 e. The fraction of sp³-hybridized carbons (Fsp3) is 0.261. The van der Waals surface area contributed by atoms with E-state index >= 15 is 4.39 Å². The highest BCUT2D eigenvalue weighted by Gasteiger charge is 2.26. The number of hydrogen-bond acceptors (Lipinski definition) is 3. The van der Waals surface area contributed by atoms with Gasteiger partial charge in [0.1, 0.15) is 11.4 Å². The lowest BCUT2D eigenvalue weighted by molar-refractivity contribution is 0.619. The summed E-state index contributed by atoms with van der Waals surface area (Å²) in [5.41, 5.74) is 7.55. The van der Waals surface area contributed by atoms with Crippen LogP contribution in [0.5, 0.6) is 0 Å². The van der Waals surface area contributed by atoms with Crippen molar-refractivity contribution >= 4 is 17.4 Å². The highest BCUT2D eigenvalue weighted by Crippen LogP contribution is 2.36. The monoisotopic (exact) mass is 370 g/mol. The predicted octanol–water partition coefficient (Wildman–Crippen LogP) is 4.93. The summed E-state index contributed by atoms with van der Waals surface area (Å²) in [7, 11) is 0. The van der Waals surface area contributed by atoms with Crippen LogP contribution >= 0.6 is 0 Å². The van der Waals surface area contributed by atoms with Crippen LogP contribution in [0, 0.1) is 24.1 Å². The molecule has 3 aliphatic rings. The van der Waals surface area contributed by atoms with Gasteiger partial charge in [-0.3, -0.25) is 4.99 Å². The van der Waals surface area contributed by atoms with Crippen molar-refractivity contribution in [2.24, 2.45) is 4.99 Å². The maximum atomic E-state index is 15.5. The number of fused-ring (bicyclic) bond motifs is 1. The number of nitriles is 1. The van der Waals surface area contributed by atoms with Crippen molar-refractivity contribution in [1.29, 1.82) is 5.26 Å². The minimum atomic E-state index is -0.272. The minimum Gasteiger partial charge on any atom is -0.285 e. The molecule has 0 unspecified atom stereocenters. The van der Waals surface area contributed by atoms with Crippen LogP contribution in [-0.4, -0.2) is 22.0 Å². The Morgan fingerprint density at radius 3 is 2.82 bits per heavy atom. The molecule has 1 saturated carbocycles. The molecule has 1 aliphatic heterocycles. The number of aryl methyl sites for hydroxylation is 1. The molecular formula is C23H19FN4. The lowest BCUT2D eigenvalue weighted by Crippen LogP contribution is -2.10. The molecule has 5 heteroatoms. The first-order valence-corrected chi connectivity index (χ1v) is 9.58. The zero-order valence-corrected chi connectivity index (χ0v) is 15.7. The Bertz CT molecular complexity index is 1160. The smallest absolute Gasteiger partial charge is 0.176 e. The molecule has 1 aromatic carbocycles. The van der Waals surface area contributed by atoms with Gasteiger partial charge in [0.05, 0.1) is 23.9 Å². The third kappa shape index (κ3) is 2.82. The summed E-state index contributed by atoms with van der Waals surface area (Å²) in [5.74, 6) is -0.272. The van der Waals surface area contributed by atoms with Crippen LogP contribution < -0.4 is 0 Å². The number of halogens is 1. The average Bonchev–Trinajstić information content (AvgIpc) is 3.29. The average molecular weight is 370 g/mol. The lowest BCUT2D eigenvalue weighted by atomic mass is 9.92. The van der Waals surface area contributed by atoms with E-state index in [1.807, 2.05) is 25.1 Å². The predicted molar refractivity (Wildman–Crippen MR) is 108 cm³/mol. The fourth-order valence-corrected chi connectivity index (χ4v) is 3.82. The quantitative estimate of drug-likeness (QED) is 0.769. The van der Waals surface area contributed by atoms with Crippen LogP contribution in [0.1, 0.15) is 48.2 Å². The Morgan fingerprint density at radius 2 is 2.07 bits per heavy atom. The first-order valence-electron chi connectivity index (χ1n) is 9.58. The number of hydrogen-bond donors (Lipinski definition) is 0. The van der Waals surface area contributed by atoms with Gasteiger partial charge >= 0.3 is 0 Å². The highest BCUT2D eigenvalue weighted by atomic mass is 19.1. The van der Waals surface area contributed by atoms with Gasteiger partial charge in [-0.2, -0.15) is 10.4 Å². The van der Waals surface area contributed by atoms with Gasteiger partial charge in [-0.1, -0.05) is 11.6 Å². The highest BCUT2D eigenvalue weighted by molar-refractivity contribution is 6.08. The van der Waals surface area contributed by atoms with E-state index < -0.39 is 0 Å². The van der Waals surface area contributed by atoms with E-state index in [2.05, 4.69) is 28.3 Å². The van der Waals surface area contributed by atoms with Crippen molar-refractivity contribution in [1.82, 2.24) is 9.78 Å². The van der Waals surface area contributed by atoms with E-state index in [4.69, 9.17) is 0 Å². The maximum Gasteiger partial charge on any atom is 0.176 e. The van der Waals surface area contributed by atoms with Gasteiger partial charge in [0.25, 0.3) is 0 Å². The molecule has 0 spiro atoms. The summed E-state index contributed by atoms with van der Waals surface area (Å²) in [5, 5.41) is 13.8. The van der Waals surface area contributed by atoms with E-state index in [0.29, 0.717) is 23.5 Å². The van der Waals surface area contributed by atoms with E-state index in [1.165, 1.54) is 5.57 Å². The molecule has 138 valence electrons. The molecule has 2 aliphatic carbocycles. The van der Waals surface area contributed by atoms with Gasteiger partial charge in [0.2, 0.25) is 0 Å². The van der Waals surface area contributed by atoms with Crippen LogP contribution in [0.15, 0.2) is 46.5 Å². The number of allylic oxidation sites excluding steroid dienone is 4. The topological polar surface area (TPSA) is 54.0 Å². The molecule has 0 radical (unpaired) electrons. The number of aromatic nitrogens is 2. The van der Waals surface area contributed by atoms with Crippen molar-refractivity contribution in [2.75, 3.05) is 6.54 Å². The summed E-state index contributed by atoms with van der Waals surface area (Å²) in [6, 6.07) is 7.68. The number of nitrogens with zero attached hydrogens (tertiary/aromatic N) is 4. The maximum absolute atomic E-state index is 15.5. The normalized spacial score (nSPS) is 17.5. The Hall–Kier alpha value is -3.26. The van der Waals surface area contributed by atoms with Crippen LogP contribution in [0.25, 0.3) is 17.3 Å². The zero-order chi connectivity index (χ0) is 19.3. The molecular weight excluding hydrogens is 351 g/mol. The van der Waals surface area contributed by atoms with Gasteiger partial charge in [-0.25, -0.2) is 9.07 Å². The molecule has 0 saturated heterocycles. The van der Waals surface area contributed by atoms with Crippen molar-refractivity contribution in [3.8, 4) is 11.8 Å². The standard InChI is InChI=1S/C23H19FN4/c1-14-10-19(6-4-18(14)13-25)28-23(22(24)21(27-28)11-15-2-3-15)17-5-7-20-16(12-17)8-9-26-20/h4,6,8,10-12H,2-3,5,7,9H2,1H3. The van der Waals surface area contributed by atoms with Crippen LogP contribution in [0.4, 0.5) is 4.39 Å². The van der Waals surface area contributed by atoms with Gasteiger partial charge in [0.15, 0.2) is 5.82 Å². The van der Waals surface area contributed by atoms with Crippen LogP contribution in [-0.2, 0) is 0 Å². The number of benzene rings is 1.